The van der Waals surface area contributed by atoms with E-state index >= 15 is 0 Å². The van der Waals surface area contributed by atoms with Crippen LogP contribution in [-0.2, 0) is 9.53 Å². The van der Waals surface area contributed by atoms with Gasteiger partial charge in [0.15, 0.2) is 0 Å². The van der Waals surface area contributed by atoms with Gasteiger partial charge in [0.2, 0.25) is 0 Å². The second-order valence-electron chi connectivity index (χ2n) is 7.38. The molecule has 0 aliphatic heterocycles. The van der Waals surface area contributed by atoms with Gasteiger partial charge in [-0.2, -0.15) is 13.2 Å². The molecule has 0 saturated heterocycles. The molecule has 0 amide bonds. The minimum atomic E-state index is -4.62. The minimum Gasteiger partial charge on any atom is -0.463 e. The van der Waals surface area contributed by atoms with Gasteiger partial charge in [-0.3, -0.25) is 0 Å². The van der Waals surface area contributed by atoms with Crippen molar-refractivity contribution >= 4 is 5.97 Å². The number of alkyl halides is 3. The van der Waals surface area contributed by atoms with E-state index in [2.05, 4.69) is 31.6 Å². The monoisotopic (exact) mass is 382 g/mol. The molecule has 27 heavy (non-hydrogen) atoms. The predicted molar refractivity (Wildman–Crippen MR) is 103 cm³/mol. The van der Waals surface area contributed by atoms with Crippen LogP contribution in [-0.4, -0.2) is 18.8 Å². The smallest absolute Gasteiger partial charge is 0.416 e. The summed E-state index contributed by atoms with van der Waals surface area (Å²) in [5, 5.41) is 0. The first-order chi connectivity index (χ1) is 12.5. The summed E-state index contributed by atoms with van der Waals surface area (Å²) in [6.45, 7) is 9.95. The molecule has 0 atom stereocenters. The van der Waals surface area contributed by atoms with Crippen LogP contribution in [0, 0.1) is 5.41 Å². The van der Waals surface area contributed by atoms with Gasteiger partial charge in [-0.15, -0.1) is 0 Å². The molecule has 0 heterocycles. The Morgan fingerprint density at radius 3 is 2.48 bits per heavy atom. The van der Waals surface area contributed by atoms with Gasteiger partial charge in [0.1, 0.15) is 0 Å². The third-order valence-electron chi connectivity index (χ3n) is 4.58. The van der Waals surface area contributed by atoms with E-state index in [0.717, 1.165) is 24.5 Å². The lowest BCUT2D eigenvalue weighted by atomic mass is 9.72. The van der Waals surface area contributed by atoms with Crippen LogP contribution in [0.15, 0.2) is 58.7 Å². The highest BCUT2D eigenvalue weighted by Gasteiger charge is 2.32. The largest absolute Gasteiger partial charge is 0.463 e. The number of carbonyl (C=O) groups is 1. The zero-order valence-corrected chi connectivity index (χ0v) is 16.7. The lowest BCUT2D eigenvalue weighted by Crippen LogP contribution is -2.19. The second kappa shape index (κ2) is 9.77. The van der Waals surface area contributed by atoms with E-state index in [1.807, 2.05) is 13.0 Å². The number of esters is 1. The van der Waals surface area contributed by atoms with E-state index in [9.17, 15) is 18.0 Å². The number of allylic oxidation sites excluding steroid dienone is 9. The molecule has 0 aromatic rings. The Labute approximate surface area is 160 Å². The normalized spacial score (nSPS) is 19.3. The number of carbonyl (C=O) groups excluding carboxylic acids is 1. The van der Waals surface area contributed by atoms with Gasteiger partial charge in [-0.1, -0.05) is 49.3 Å². The van der Waals surface area contributed by atoms with E-state index in [1.165, 1.54) is 30.6 Å². The molecule has 150 valence electrons. The summed E-state index contributed by atoms with van der Waals surface area (Å²) in [5.74, 6) is -1.00. The van der Waals surface area contributed by atoms with Crippen molar-refractivity contribution in [3.63, 3.8) is 0 Å². The van der Waals surface area contributed by atoms with Crippen molar-refractivity contribution in [3.05, 3.63) is 58.7 Å². The van der Waals surface area contributed by atoms with Gasteiger partial charge < -0.3 is 4.74 Å². The maximum absolute atomic E-state index is 13.0. The summed E-state index contributed by atoms with van der Waals surface area (Å²) < 4.78 is 43.5. The molecule has 1 aliphatic carbocycles. The molecule has 2 nitrogen and oxygen atoms in total. The van der Waals surface area contributed by atoms with Crippen LogP contribution in [0.5, 0.6) is 0 Å². The highest BCUT2D eigenvalue weighted by Crippen LogP contribution is 2.40. The van der Waals surface area contributed by atoms with Crippen molar-refractivity contribution < 1.29 is 22.7 Å². The first kappa shape index (κ1) is 23.0. The third kappa shape index (κ3) is 7.61. The molecular formula is C22H29F3O2. The first-order valence-electron chi connectivity index (χ1n) is 9.16. The average Bonchev–Trinajstić information content (AvgIpc) is 2.52. The van der Waals surface area contributed by atoms with Gasteiger partial charge in [-0.25, -0.2) is 4.79 Å². The Morgan fingerprint density at radius 2 is 1.93 bits per heavy atom. The fourth-order valence-electron chi connectivity index (χ4n) is 3.12. The van der Waals surface area contributed by atoms with E-state index in [4.69, 9.17) is 0 Å². The van der Waals surface area contributed by atoms with Gasteiger partial charge in [0.05, 0.1) is 12.2 Å². The molecule has 0 radical (unpaired) electrons. The zero-order valence-electron chi connectivity index (χ0n) is 16.7. The molecule has 0 spiro atoms. The summed E-state index contributed by atoms with van der Waals surface area (Å²) in [7, 11) is 0. The molecule has 1 rings (SSSR count). The molecule has 0 N–H and O–H groups in total. The fourth-order valence-corrected chi connectivity index (χ4v) is 3.12. The van der Waals surface area contributed by atoms with Crippen LogP contribution in [0.25, 0.3) is 0 Å². The maximum atomic E-state index is 13.0. The summed E-state index contributed by atoms with van der Waals surface area (Å²) in [5.41, 5.74) is 2.55. The van der Waals surface area contributed by atoms with Crippen LogP contribution in [0.1, 0.15) is 53.9 Å². The Balaban J connectivity index is 2.94. The summed E-state index contributed by atoms with van der Waals surface area (Å²) >= 11 is 0. The van der Waals surface area contributed by atoms with Crippen LogP contribution in [0.2, 0.25) is 0 Å². The summed E-state index contributed by atoms with van der Waals surface area (Å²) in [6.07, 6.45) is 6.99. The Hall–Kier alpha value is -2.04. The number of ether oxygens (including phenoxy) is 1. The first-order valence-corrected chi connectivity index (χ1v) is 9.16. The van der Waals surface area contributed by atoms with Crippen molar-refractivity contribution in [1.29, 1.82) is 0 Å². The van der Waals surface area contributed by atoms with Gasteiger partial charge in [0.25, 0.3) is 0 Å². The van der Waals surface area contributed by atoms with Crippen molar-refractivity contribution in [3.8, 4) is 0 Å². The van der Waals surface area contributed by atoms with E-state index in [1.54, 1.807) is 6.08 Å². The molecular weight excluding hydrogens is 353 g/mol. The highest BCUT2D eigenvalue weighted by molar-refractivity contribution is 5.83. The number of rotatable bonds is 6. The number of halogens is 3. The lowest BCUT2D eigenvalue weighted by molar-refractivity contribution is -0.138. The third-order valence-corrected chi connectivity index (χ3v) is 4.58. The molecule has 0 fully saturated rings. The summed E-state index contributed by atoms with van der Waals surface area (Å²) in [6, 6.07) is 0. The molecule has 0 saturated carbocycles. The van der Waals surface area contributed by atoms with Crippen LogP contribution in [0.3, 0.4) is 0 Å². The topological polar surface area (TPSA) is 26.3 Å². The maximum Gasteiger partial charge on any atom is 0.416 e. The van der Waals surface area contributed by atoms with Crippen LogP contribution < -0.4 is 0 Å². The van der Waals surface area contributed by atoms with Crippen molar-refractivity contribution in [2.24, 2.45) is 5.41 Å². The van der Waals surface area contributed by atoms with Crippen molar-refractivity contribution in [2.45, 2.75) is 60.1 Å². The second-order valence-corrected chi connectivity index (χ2v) is 7.38. The average molecular weight is 382 g/mol. The van der Waals surface area contributed by atoms with Gasteiger partial charge in [0, 0.05) is 6.08 Å². The molecule has 0 aromatic carbocycles. The molecule has 5 heteroatoms. The van der Waals surface area contributed by atoms with E-state index in [0.29, 0.717) is 6.08 Å². The van der Waals surface area contributed by atoms with E-state index in [-0.39, 0.29) is 12.0 Å². The molecule has 1 aliphatic rings. The minimum absolute atomic E-state index is 0.0274. The van der Waals surface area contributed by atoms with Crippen molar-refractivity contribution in [2.75, 3.05) is 6.61 Å². The SMILES string of the molecule is CCOC(=O)\C=C(/C=C/C=C(C)/C=C/C1=C(C)CCCC1(C)C)C(F)(F)F. The van der Waals surface area contributed by atoms with Crippen LogP contribution >= 0.6 is 0 Å². The summed E-state index contributed by atoms with van der Waals surface area (Å²) in [4.78, 5) is 11.3. The van der Waals surface area contributed by atoms with Crippen molar-refractivity contribution in [1.82, 2.24) is 0 Å². The van der Waals surface area contributed by atoms with Gasteiger partial charge >= 0.3 is 12.1 Å². The number of hydrogen-bond acceptors (Lipinski definition) is 2. The molecule has 0 unspecified atom stereocenters. The lowest BCUT2D eigenvalue weighted by Gasteiger charge is -2.32. The Bertz CT molecular complexity index is 687. The Kier molecular flexibility index (Phi) is 8.32. The standard InChI is InChI=1S/C22H29F3O2/c1-6-27-20(26)15-18(22(23,24)25)11-7-9-16(2)12-13-19-17(3)10-8-14-21(19,4)5/h7,9,11-13,15H,6,8,10,14H2,1-5H3/b11-7+,13-12+,16-9+,18-15+. The number of hydrogen-bond donors (Lipinski definition) is 0. The zero-order chi connectivity index (χ0) is 20.7. The molecule has 0 aromatic heterocycles. The van der Waals surface area contributed by atoms with Crippen LogP contribution in [0.4, 0.5) is 13.2 Å². The Morgan fingerprint density at radius 1 is 1.26 bits per heavy atom. The molecule has 0 bridgehead atoms. The highest BCUT2D eigenvalue weighted by atomic mass is 19.4. The van der Waals surface area contributed by atoms with E-state index < -0.39 is 17.7 Å². The quantitative estimate of drug-likeness (QED) is 0.293. The predicted octanol–water partition coefficient (Wildman–Crippen LogP) is 6.62. The van der Waals surface area contributed by atoms with Gasteiger partial charge in [-0.05, 0) is 57.1 Å². The fraction of sp³-hybridized carbons (Fsp3) is 0.500.